The molecule has 2 aromatic rings. The lowest BCUT2D eigenvalue weighted by Crippen LogP contribution is -2.44. The fourth-order valence-corrected chi connectivity index (χ4v) is 8.21. The fourth-order valence-electron chi connectivity index (χ4n) is 8.21. The van der Waals surface area contributed by atoms with Gasteiger partial charge in [-0.1, -0.05) is 69.5 Å². The van der Waals surface area contributed by atoms with Crippen molar-refractivity contribution in [2.45, 2.75) is 115 Å². The molecule has 4 saturated carbocycles. The van der Waals surface area contributed by atoms with Gasteiger partial charge in [0.05, 0.1) is 11.1 Å². The van der Waals surface area contributed by atoms with E-state index in [9.17, 15) is 10.5 Å². The van der Waals surface area contributed by atoms with E-state index in [-0.39, 0.29) is 0 Å². The van der Waals surface area contributed by atoms with Gasteiger partial charge in [-0.3, -0.25) is 0 Å². The zero-order chi connectivity index (χ0) is 25.2. The third kappa shape index (κ3) is 4.50. The minimum Gasteiger partial charge on any atom is -0.192 e. The van der Waals surface area contributed by atoms with Crippen molar-refractivity contribution >= 4 is 0 Å². The summed E-state index contributed by atoms with van der Waals surface area (Å²) in [5.41, 5.74) is 6.72. The smallest absolute Gasteiger partial charge is 0.101 e. The Morgan fingerprint density at radius 1 is 0.750 bits per heavy atom. The molecule has 0 radical (unpaired) electrons. The number of fused-ring (bicyclic) bond motifs is 3. The highest BCUT2D eigenvalue weighted by atomic mass is 14.5. The summed E-state index contributed by atoms with van der Waals surface area (Å²) in [4.78, 5) is 0. The van der Waals surface area contributed by atoms with Crippen LogP contribution in [0.2, 0.25) is 0 Å². The number of benzene rings is 2. The van der Waals surface area contributed by atoms with Crippen LogP contribution in [0.4, 0.5) is 0 Å². The van der Waals surface area contributed by atoms with Crippen LogP contribution >= 0.6 is 0 Å². The van der Waals surface area contributed by atoms with Crippen LogP contribution < -0.4 is 0 Å². The summed E-state index contributed by atoms with van der Waals surface area (Å²) in [6.07, 6.45) is 18.2. The topological polar surface area (TPSA) is 47.6 Å². The molecule has 4 aliphatic rings. The standard InChI is InChI=1S/C34H42N2/c1-3-5-25-6-8-26(9-7-25)29-14-15-30(32(24-36)31(29)23-35)27-10-12-28(13-11-27)34-20-17-33(16-4-2,18-21-34)19-22-34/h10-15,25-26H,3-9,16-22H2,1-2H3. The van der Waals surface area contributed by atoms with Gasteiger partial charge in [0.15, 0.2) is 0 Å². The minimum absolute atomic E-state index is 0.352. The zero-order valence-electron chi connectivity index (χ0n) is 22.4. The minimum atomic E-state index is 0.352. The highest BCUT2D eigenvalue weighted by Gasteiger charge is 2.48. The lowest BCUT2D eigenvalue weighted by molar-refractivity contribution is 0.0320. The number of nitriles is 2. The largest absolute Gasteiger partial charge is 0.192 e. The Hall–Kier alpha value is -2.58. The van der Waals surface area contributed by atoms with Crippen molar-refractivity contribution in [1.29, 1.82) is 10.5 Å². The SMILES string of the molecule is CCCC1CCC(c2ccc(-c3ccc(C45CCC(CCC)(CC4)CC5)cc3)c(C#N)c2C#N)CC1. The maximum absolute atomic E-state index is 10.1. The second-order valence-electron chi connectivity index (χ2n) is 12.3. The van der Waals surface area contributed by atoms with Gasteiger partial charge in [-0.15, -0.1) is 0 Å². The predicted molar refractivity (Wildman–Crippen MR) is 148 cm³/mol. The van der Waals surface area contributed by atoms with Crippen LogP contribution in [0.15, 0.2) is 36.4 Å². The molecule has 2 aromatic carbocycles. The fraction of sp³-hybridized carbons (Fsp3) is 0.588. The Bertz CT molecular complexity index is 1130. The first-order valence-electron chi connectivity index (χ1n) is 14.6. The van der Waals surface area contributed by atoms with Gasteiger partial charge in [-0.25, -0.2) is 0 Å². The van der Waals surface area contributed by atoms with E-state index in [0.29, 0.717) is 27.9 Å². The van der Waals surface area contributed by atoms with Crippen LogP contribution in [0.3, 0.4) is 0 Å². The van der Waals surface area contributed by atoms with Crippen LogP contribution in [-0.2, 0) is 5.41 Å². The summed E-state index contributed by atoms with van der Waals surface area (Å²) in [5.74, 6) is 1.24. The maximum Gasteiger partial charge on any atom is 0.101 e. The van der Waals surface area contributed by atoms with Crippen LogP contribution in [0.25, 0.3) is 11.1 Å². The highest BCUT2D eigenvalue weighted by molar-refractivity contribution is 5.75. The summed E-state index contributed by atoms with van der Waals surface area (Å²) in [5, 5.41) is 20.2. The lowest BCUT2D eigenvalue weighted by Gasteiger charge is -2.54. The van der Waals surface area contributed by atoms with Gasteiger partial charge < -0.3 is 0 Å². The molecule has 0 spiro atoms. The molecule has 0 unspecified atom stereocenters. The summed E-state index contributed by atoms with van der Waals surface area (Å²) < 4.78 is 0. The van der Waals surface area contributed by atoms with Crippen LogP contribution in [0.1, 0.15) is 132 Å². The van der Waals surface area contributed by atoms with Crippen molar-refractivity contribution in [1.82, 2.24) is 0 Å². The molecule has 2 heteroatoms. The van der Waals surface area contributed by atoms with E-state index < -0.39 is 0 Å². The first kappa shape index (κ1) is 25.1. The van der Waals surface area contributed by atoms with Gasteiger partial charge in [0, 0.05) is 5.56 Å². The molecule has 0 amide bonds. The van der Waals surface area contributed by atoms with E-state index in [1.807, 2.05) is 0 Å². The molecule has 2 bridgehead atoms. The monoisotopic (exact) mass is 478 g/mol. The number of nitrogens with zero attached hydrogens (tertiary/aromatic N) is 2. The molecule has 0 atom stereocenters. The maximum atomic E-state index is 10.1. The van der Waals surface area contributed by atoms with Crippen molar-refractivity contribution in [2.24, 2.45) is 11.3 Å². The van der Waals surface area contributed by atoms with E-state index in [0.717, 1.165) is 35.4 Å². The van der Waals surface area contributed by atoms with E-state index in [4.69, 9.17) is 0 Å². The van der Waals surface area contributed by atoms with E-state index in [1.54, 1.807) is 0 Å². The summed E-state index contributed by atoms with van der Waals surface area (Å²) >= 11 is 0. The summed E-state index contributed by atoms with van der Waals surface area (Å²) in [6, 6.07) is 18.2. The quantitative estimate of drug-likeness (QED) is 0.398. The Labute approximate surface area is 218 Å². The van der Waals surface area contributed by atoms with Crippen molar-refractivity contribution < 1.29 is 0 Å². The summed E-state index contributed by atoms with van der Waals surface area (Å²) in [7, 11) is 0. The predicted octanol–water partition coefficient (Wildman–Crippen LogP) is 9.56. The Balaban J connectivity index is 1.38. The first-order chi connectivity index (χ1) is 17.6. The van der Waals surface area contributed by atoms with E-state index >= 15 is 0 Å². The molecule has 4 fully saturated rings. The van der Waals surface area contributed by atoms with E-state index in [2.05, 4.69) is 62.4 Å². The van der Waals surface area contributed by atoms with E-state index in [1.165, 1.54) is 82.6 Å². The van der Waals surface area contributed by atoms with Crippen LogP contribution in [0, 0.1) is 34.0 Å². The molecular weight excluding hydrogens is 436 g/mol. The molecule has 2 nitrogen and oxygen atoms in total. The van der Waals surface area contributed by atoms with Crippen molar-refractivity contribution in [2.75, 3.05) is 0 Å². The molecule has 4 aliphatic carbocycles. The normalized spacial score (nSPS) is 29.4. The summed E-state index contributed by atoms with van der Waals surface area (Å²) in [6.45, 7) is 4.61. The second-order valence-corrected chi connectivity index (χ2v) is 12.3. The van der Waals surface area contributed by atoms with Crippen molar-refractivity contribution in [3.8, 4) is 23.3 Å². The molecule has 0 aliphatic heterocycles. The highest BCUT2D eigenvalue weighted by Crippen LogP contribution is 2.59. The average molecular weight is 479 g/mol. The van der Waals surface area contributed by atoms with Gasteiger partial charge in [0.2, 0.25) is 0 Å². The molecule has 0 heterocycles. The molecule has 6 rings (SSSR count). The number of hydrogen-bond acceptors (Lipinski definition) is 2. The van der Waals surface area contributed by atoms with Crippen LogP contribution in [-0.4, -0.2) is 0 Å². The van der Waals surface area contributed by atoms with Gasteiger partial charge in [-0.2, -0.15) is 10.5 Å². The number of rotatable bonds is 7. The Morgan fingerprint density at radius 2 is 1.39 bits per heavy atom. The molecule has 0 saturated heterocycles. The third-order valence-electron chi connectivity index (χ3n) is 10.4. The Kier molecular flexibility index (Phi) is 7.26. The zero-order valence-corrected chi connectivity index (χ0v) is 22.4. The van der Waals surface area contributed by atoms with Crippen molar-refractivity contribution in [3.05, 3.63) is 58.7 Å². The molecule has 0 N–H and O–H groups in total. The third-order valence-corrected chi connectivity index (χ3v) is 10.4. The molecule has 188 valence electrons. The second kappa shape index (κ2) is 10.4. The Morgan fingerprint density at radius 3 is 1.94 bits per heavy atom. The average Bonchev–Trinajstić information content (AvgIpc) is 2.94. The first-order valence-corrected chi connectivity index (χ1v) is 14.6. The van der Waals surface area contributed by atoms with Gasteiger partial charge in [0.1, 0.15) is 12.1 Å². The lowest BCUT2D eigenvalue weighted by atomic mass is 9.51. The molecule has 36 heavy (non-hydrogen) atoms. The number of hydrogen-bond donors (Lipinski definition) is 0. The molecule has 0 aromatic heterocycles. The van der Waals surface area contributed by atoms with Gasteiger partial charge in [0.25, 0.3) is 0 Å². The van der Waals surface area contributed by atoms with Crippen molar-refractivity contribution in [3.63, 3.8) is 0 Å². The molecular formula is C34H42N2. The van der Waals surface area contributed by atoms with Crippen LogP contribution in [0.5, 0.6) is 0 Å². The van der Waals surface area contributed by atoms with Gasteiger partial charge >= 0.3 is 0 Å². The van der Waals surface area contributed by atoms with Gasteiger partial charge in [-0.05, 0) is 110 Å².